The van der Waals surface area contributed by atoms with Crippen LogP contribution in [0.1, 0.15) is 37.3 Å². The van der Waals surface area contributed by atoms with Gasteiger partial charge in [-0.25, -0.2) is 18.2 Å². The van der Waals surface area contributed by atoms with Crippen molar-refractivity contribution in [1.82, 2.24) is 4.98 Å². The molecule has 230 valence electrons. The lowest BCUT2D eigenvalue weighted by Crippen LogP contribution is -2.59. The van der Waals surface area contributed by atoms with Crippen LogP contribution in [0.5, 0.6) is 0 Å². The molecule has 0 bridgehead atoms. The first kappa shape index (κ1) is 30.8. The molecule has 2 aliphatic heterocycles. The molecule has 2 saturated heterocycles. The molecule has 7 nitrogen and oxygen atoms in total. The molecule has 2 aromatic carbocycles. The van der Waals surface area contributed by atoms with Crippen LogP contribution in [0.15, 0.2) is 65.6 Å². The maximum absolute atomic E-state index is 15.1. The van der Waals surface area contributed by atoms with Crippen molar-refractivity contribution in [2.24, 2.45) is 5.73 Å². The fourth-order valence-electron chi connectivity index (χ4n) is 6.04. The Hall–Kier alpha value is -3.65. The molecule has 3 atom stereocenters. The molecule has 5 rings (SSSR count). The van der Waals surface area contributed by atoms with Gasteiger partial charge in [-0.15, -0.1) is 0 Å². The Bertz CT molecular complexity index is 1630. The maximum Gasteiger partial charge on any atom is 0.416 e. The number of pyridine rings is 1. The van der Waals surface area contributed by atoms with E-state index in [2.05, 4.69) is 4.98 Å². The van der Waals surface area contributed by atoms with Gasteiger partial charge in [0.25, 0.3) is 5.91 Å². The number of carbonyl (C=O) groups excluding carboxylic acids is 1. The van der Waals surface area contributed by atoms with Gasteiger partial charge in [0.1, 0.15) is 23.1 Å². The van der Waals surface area contributed by atoms with Crippen LogP contribution in [0.3, 0.4) is 0 Å². The lowest BCUT2D eigenvalue weighted by molar-refractivity contribution is -0.827. The molecule has 2 N–H and O–H groups in total. The van der Waals surface area contributed by atoms with Gasteiger partial charge in [-0.3, -0.25) is 4.79 Å². The number of benzene rings is 2. The van der Waals surface area contributed by atoms with Crippen LogP contribution >= 0.6 is 0 Å². The summed E-state index contributed by atoms with van der Waals surface area (Å²) >= 11 is 0. The van der Waals surface area contributed by atoms with Gasteiger partial charge in [-0.05, 0) is 68.3 Å². The second-order valence-electron chi connectivity index (χ2n) is 11.2. The fourth-order valence-corrected chi connectivity index (χ4v) is 8.13. The summed E-state index contributed by atoms with van der Waals surface area (Å²) in [6, 6.07) is 9.00. The number of sulfonamides is 1. The number of aromatic nitrogens is 1. The number of halogens is 6. The molecule has 3 aromatic rings. The van der Waals surface area contributed by atoms with Crippen molar-refractivity contribution >= 4 is 21.7 Å². The molecular weight excluding hydrogens is 598 g/mol. The molecule has 43 heavy (non-hydrogen) atoms. The average molecular weight is 628 g/mol. The molecule has 0 saturated carbocycles. The van der Waals surface area contributed by atoms with Gasteiger partial charge in [0, 0.05) is 23.7 Å². The Morgan fingerprint density at radius 1 is 1.09 bits per heavy atom. The van der Waals surface area contributed by atoms with Crippen molar-refractivity contribution < 1.29 is 43.4 Å². The Morgan fingerprint density at radius 2 is 1.74 bits per heavy atom. The third-order valence-corrected chi connectivity index (χ3v) is 10.5. The Morgan fingerprint density at radius 3 is 2.30 bits per heavy atom. The van der Waals surface area contributed by atoms with Crippen molar-refractivity contribution in [2.45, 2.75) is 61.8 Å². The van der Waals surface area contributed by atoms with Crippen LogP contribution in [-0.2, 0) is 27.5 Å². The second kappa shape index (κ2) is 10.8. The highest BCUT2D eigenvalue weighted by molar-refractivity contribution is 7.86. The highest BCUT2D eigenvalue weighted by atomic mass is 32.2. The SMILES string of the molecule is CC1CCCN1c1cc(C[N+]2(S(=O)(=O)c3ccc(F)cc3)CC(F)(F)C[C@H]2C(N)=O)cc(-c2ccc(C(F)(F)F)cc2)n1. The van der Waals surface area contributed by atoms with Crippen LogP contribution in [0, 0.1) is 5.82 Å². The van der Waals surface area contributed by atoms with Crippen molar-refractivity contribution in [1.29, 1.82) is 0 Å². The maximum atomic E-state index is 15.1. The van der Waals surface area contributed by atoms with Crippen molar-refractivity contribution in [3.8, 4) is 11.3 Å². The number of anilines is 1. The minimum atomic E-state index is -4.79. The molecule has 14 heteroatoms. The third-order valence-electron chi connectivity index (χ3n) is 8.15. The topological polar surface area (TPSA) is 93.4 Å². The summed E-state index contributed by atoms with van der Waals surface area (Å²) in [5.41, 5.74) is 5.35. The normalized spacial score (nSPS) is 23.9. The van der Waals surface area contributed by atoms with Gasteiger partial charge in [0.15, 0.2) is 12.6 Å². The van der Waals surface area contributed by atoms with Crippen LogP contribution in [0.4, 0.5) is 32.2 Å². The minimum Gasteiger partial charge on any atom is -0.364 e. The van der Waals surface area contributed by atoms with Crippen molar-refractivity contribution in [3.05, 3.63) is 77.6 Å². The molecule has 0 radical (unpaired) electrons. The number of hydrogen-bond donors (Lipinski definition) is 1. The largest absolute Gasteiger partial charge is 0.416 e. The summed E-state index contributed by atoms with van der Waals surface area (Å²) in [6.07, 6.45) is -4.02. The van der Waals surface area contributed by atoms with Gasteiger partial charge in [0.05, 0.1) is 17.7 Å². The summed E-state index contributed by atoms with van der Waals surface area (Å²) in [4.78, 5) is 18.7. The van der Waals surface area contributed by atoms with E-state index in [0.717, 1.165) is 49.2 Å². The summed E-state index contributed by atoms with van der Waals surface area (Å²) in [7, 11) is -4.79. The van der Waals surface area contributed by atoms with E-state index in [1.807, 2.05) is 11.8 Å². The number of nitrogens with two attached hydrogens (primary N) is 1. The van der Waals surface area contributed by atoms with E-state index in [1.165, 1.54) is 18.2 Å². The zero-order valence-corrected chi connectivity index (χ0v) is 23.8. The van der Waals surface area contributed by atoms with Crippen LogP contribution in [0.25, 0.3) is 11.3 Å². The lowest BCUT2D eigenvalue weighted by Gasteiger charge is -2.36. The number of carbonyl (C=O) groups is 1. The number of nitrogens with zero attached hydrogens (tertiary/aromatic N) is 3. The number of alkyl halides is 5. The van der Waals surface area contributed by atoms with Crippen molar-refractivity contribution in [2.75, 3.05) is 18.0 Å². The first-order valence-corrected chi connectivity index (χ1v) is 15.0. The third kappa shape index (κ3) is 5.81. The number of quaternary nitrogens is 1. The Kier molecular flexibility index (Phi) is 7.74. The predicted molar refractivity (Wildman–Crippen MR) is 146 cm³/mol. The molecule has 1 amide bonds. The molecular formula is C29H29F6N4O3S+. The van der Waals surface area contributed by atoms with Crippen molar-refractivity contribution in [3.63, 3.8) is 0 Å². The molecule has 2 fully saturated rings. The zero-order chi connectivity index (χ0) is 31.4. The van der Waals surface area contributed by atoms with E-state index in [4.69, 9.17) is 5.73 Å². The van der Waals surface area contributed by atoms with E-state index in [9.17, 15) is 30.8 Å². The first-order valence-electron chi connectivity index (χ1n) is 13.5. The first-order chi connectivity index (χ1) is 20.0. The number of likely N-dealkylation sites (tertiary alicyclic amines) is 1. The van der Waals surface area contributed by atoms with Gasteiger partial charge in [0.2, 0.25) is 0 Å². The van der Waals surface area contributed by atoms with E-state index in [-0.39, 0.29) is 22.9 Å². The Balaban J connectivity index is 1.68. The predicted octanol–water partition coefficient (Wildman–Crippen LogP) is 5.49. The lowest BCUT2D eigenvalue weighted by atomic mass is 10.1. The van der Waals surface area contributed by atoms with Gasteiger partial charge >= 0.3 is 22.1 Å². The monoisotopic (exact) mass is 627 g/mol. The summed E-state index contributed by atoms with van der Waals surface area (Å²) < 4.78 is 110. The van der Waals surface area contributed by atoms with Crippen LogP contribution in [-0.4, -0.2) is 54.3 Å². The number of primary amides is 1. The zero-order valence-electron chi connectivity index (χ0n) is 23.0. The summed E-state index contributed by atoms with van der Waals surface area (Å²) in [6.45, 7) is 0.651. The molecule has 0 spiro atoms. The molecule has 1 aromatic heterocycles. The summed E-state index contributed by atoms with van der Waals surface area (Å²) in [5.74, 6) is -5.18. The number of amides is 1. The molecule has 2 aliphatic rings. The molecule has 2 unspecified atom stereocenters. The minimum absolute atomic E-state index is 0.0313. The standard InChI is InChI=1S/C29H28F6N4O3S/c1-18-3-2-12-38(18)26-14-19(13-24(37-26)20-4-6-21(7-5-20)29(33,34)35)16-39(17-28(31,32)15-25(39)27(36)40)43(41,42)23-10-8-22(30)9-11-23/h4-11,13-14,18,25H,2-3,12,15-17H2,1H3,(H-,36,40)/p+1/t18?,25-,39?/m0/s1. The van der Waals surface area contributed by atoms with Crippen LogP contribution < -0.4 is 10.6 Å². The summed E-state index contributed by atoms with van der Waals surface area (Å²) in [5, 5.41) is 0. The highest BCUT2D eigenvalue weighted by Crippen LogP contribution is 2.45. The van der Waals surface area contributed by atoms with E-state index >= 15 is 8.78 Å². The van der Waals surface area contributed by atoms with Gasteiger partial charge in [-0.2, -0.15) is 25.5 Å². The van der Waals surface area contributed by atoms with E-state index in [1.54, 1.807) is 6.07 Å². The van der Waals surface area contributed by atoms with Crippen LogP contribution in [0.2, 0.25) is 0 Å². The Labute approximate surface area is 244 Å². The smallest absolute Gasteiger partial charge is 0.364 e. The quantitative estimate of drug-likeness (QED) is 0.276. The molecule has 0 aliphatic carbocycles. The fraction of sp³-hybridized carbons (Fsp3) is 0.379. The van der Waals surface area contributed by atoms with E-state index < -0.39 is 73.7 Å². The van der Waals surface area contributed by atoms with E-state index in [0.29, 0.717) is 12.4 Å². The number of hydrogen-bond acceptors (Lipinski definition) is 5. The average Bonchev–Trinajstić information content (AvgIpc) is 3.48. The second-order valence-corrected chi connectivity index (χ2v) is 13.3. The van der Waals surface area contributed by atoms with Gasteiger partial charge < -0.3 is 10.6 Å². The molecule has 3 heterocycles. The highest BCUT2D eigenvalue weighted by Gasteiger charge is 2.65. The van der Waals surface area contributed by atoms with Gasteiger partial charge in [-0.1, -0.05) is 12.1 Å². The number of rotatable bonds is 7.